The molecular formula is C21H16ClN3O2. The van der Waals surface area contributed by atoms with Gasteiger partial charge in [-0.2, -0.15) is 5.10 Å². The van der Waals surface area contributed by atoms with Crippen molar-refractivity contribution in [3.05, 3.63) is 88.7 Å². The molecule has 6 heteroatoms. The van der Waals surface area contributed by atoms with Crippen molar-refractivity contribution in [3.63, 3.8) is 0 Å². The van der Waals surface area contributed by atoms with Gasteiger partial charge in [-0.05, 0) is 36.4 Å². The van der Waals surface area contributed by atoms with Crippen LogP contribution in [-0.4, -0.2) is 20.8 Å². The van der Waals surface area contributed by atoms with Crippen LogP contribution in [0, 0.1) is 0 Å². The third kappa shape index (κ3) is 2.80. The highest BCUT2D eigenvalue weighted by Crippen LogP contribution is 2.48. The van der Waals surface area contributed by atoms with Crippen molar-refractivity contribution < 1.29 is 9.84 Å². The third-order valence-electron chi connectivity index (χ3n) is 4.90. The van der Waals surface area contributed by atoms with E-state index in [9.17, 15) is 5.11 Å². The third-order valence-corrected chi connectivity index (χ3v) is 5.14. The molecule has 0 amide bonds. The summed E-state index contributed by atoms with van der Waals surface area (Å²) >= 11 is 6.24. The molecule has 2 aromatic carbocycles. The monoisotopic (exact) mass is 377 g/mol. The Hall–Kier alpha value is -3.05. The van der Waals surface area contributed by atoms with Crippen molar-refractivity contribution in [1.82, 2.24) is 9.99 Å². The van der Waals surface area contributed by atoms with Gasteiger partial charge in [0.15, 0.2) is 0 Å². The first kappa shape index (κ1) is 16.1. The number of fused-ring (bicyclic) bond motifs is 3. The van der Waals surface area contributed by atoms with Crippen LogP contribution in [0.5, 0.6) is 11.5 Å². The van der Waals surface area contributed by atoms with Gasteiger partial charge in [-0.1, -0.05) is 29.8 Å². The van der Waals surface area contributed by atoms with Gasteiger partial charge in [0.05, 0.1) is 11.8 Å². The highest BCUT2D eigenvalue weighted by atomic mass is 35.5. The van der Waals surface area contributed by atoms with E-state index in [1.54, 1.807) is 24.5 Å². The maximum Gasteiger partial charge on any atom is 0.215 e. The van der Waals surface area contributed by atoms with E-state index in [0.717, 1.165) is 28.2 Å². The first-order chi connectivity index (χ1) is 13.2. The van der Waals surface area contributed by atoms with Crippen molar-refractivity contribution in [3.8, 4) is 11.5 Å². The molecule has 0 spiro atoms. The predicted molar refractivity (Wildman–Crippen MR) is 103 cm³/mol. The van der Waals surface area contributed by atoms with Gasteiger partial charge in [0.25, 0.3) is 0 Å². The fourth-order valence-corrected chi connectivity index (χ4v) is 3.84. The van der Waals surface area contributed by atoms with E-state index in [0.29, 0.717) is 11.4 Å². The number of hydrogen-bond donors (Lipinski definition) is 1. The van der Waals surface area contributed by atoms with Gasteiger partial charge >= 0.3 is 0 Å². The highest BCUT2D eigenvalue weighted by molar-refractivity contribution is 6.30. The number of phenolic OH excluding ortho intramolecular Hbond substituents is 1. The van der Waals surface area contributed by atoms with Crippen molar-refractivity contribution in [2.45, 2.75) is 18.7 Å². The maximum atomic E-state index is 9.84. The maximum absolute atomic E-state index is 9.84. The number of rotatable bonds is 2. The molecule has 1 aromatic heterocycles. The summed E-state index contributed by atoms with van der Waals surface area (Å²) in [6, 6.07) is 16.7. The molecule has 3 heterocycles. The van der Waals surface area contributed by atoms with Gasteiger partial charge in [-0.15, -0.1) is 0 Å². The van der Waals surface area contributed by atoms with Gasteiger partial charge in [0.2, 0.25) is 6.23 Å². The standard InChI is InChI=1S/C21H16ClN3O2/c22-15-6-7-20-17(10-15)19-11-18(13-3-1-5-16(26)9-13)24-25(19)21(27-20)14-4-2-8-23-12-14/h1-10,12,19,21,26H,11H2/t19-,21+/m1/s1. The number of nitrogens with zero attached hydrogens (tertiary/aromatic N) is 3. The summed E-state index contributed by atoms with van der Waals surface area (Å²) in [5.74, 6) is 1.03. The molecule has 0 saturated heterocycles. The SMILES string of the molecule is Oc1cccc(C2=NN3[C@H](C2)c2cc(Cl)ccc2O[C@H]3c2cccnc2)c1. The zero-order valence-electron chi connectivity index (χ0n) is 14.3. The molecule has 3 aromatic rings. The minimum Gasteiger partial charge on any atom is -0.508 e. The Bertz CT molecular complexity index is 1040. The molecule has 5 nitrogen and oxygen atoms in total. The fourth-order valence-electron chi connectivity index (χ4n) is 3.66. The van der Waals surface area contributed by atoms with Crippen LogP contribution in [0.2, 0.25) is 5.02 Å². The summed E-state index contributed by atoms with van der Waals surface area (Å²) in [4.78, 5) is 4.22. The molecule has 0 fully saturated rings. The summed E-state index contributed by atoms with van der Waals surface area (Å²) in [6.45, 7) is 0. The summed E-state index contributed by atoms with van der Waals surface area (Å²) in [5.41, 5.74) is 3.75. The van der Waals surface area contributed by atoms with E-state index in [-0.39, 0.29) is 18.0 Å². The van der Waals surface area contributed by atoms with Crippen molar-refractivity contribution in [2.24, 2.45) is 5.10 Å². The molecule has 2 atom stereocenters. The Labute approximate surface area is 161 Å². The number of phenols is 1. The molecule has 0 unspecified atom stereocenters. The topological polar surface area (TPSA) is 58.0 Å². The number of ether oxygens (including phenoxy) is 1. The van der Waals surface area contributed by atoms with E-state index in [1.165, 1.54) is 0 Å². The zero-order chi connectivity index (χ0) is 18.4. The van der Waals surface area contributed by atoms with Crippen LogP contribution in [0.3, 0.4) is 0 Å². The average molecular weight is 378 g/mol. The van der Waals surface area contributed by atoms with Crippen molar-refractivity contribution >= 4 is 17.3 Å². The summed E-state index contributed by atoms with van der Waals surface area (Å²) in [6.07, 6.45) is 3.87. The Morgan fingerprint density at radius 2 is 2.04 bits per heavy atom. The van der Waals surface area contributed by atoms with Crippen LogP contribution < -0.4 is 4.74 Å². The van der Waals surface area contributed by atoms with Crippen LogP contribution in [0.1, 0.15) is 35.4 Å². The minimum atomic E-state index is -0.368. The van der Waals surface area contributed by atoms with Gasteiger partial charge in [0, 0.05) is 40.5 Å². The Kier molecular flexibility index (Phi) is 3.76. The second-order valence-electron chi connectivity index (χ2n) is 6.64. The number of aromatic hydroxyl groups is 1. The van der Waals surface area contributed by atoms with Gasteiger partial charge < -0.3 is 9.84 Å². The zero-order valence-corrected chi connectivity index (χ0v) is 15.0. The number of benzene rings is 2. The smallest absolute Gasteiger partial charge is 0.215 e. The van der Waals surface area contributed by atoms with Crippen LogP contribution in [-0.2, 0) is 0 Å². The molecule has 0 saturated carbocycles. The molecule has 0 bridgehead atoms. The van der Waals surface area contributed by atoms with Crippen LogP contribution in [0.25, 0.3) is 0 Å². The van der Waals surface area contributed by atoms with Crippen molar-refractivity contribution in [2.75, 3.05) is 0 Å². The van der Waals surface area contributed by atoms with Gasteiger partial charge in [0.1, 0.15) is 11.5 Å². The molecule has 5 rings (SSSR count). The van der Waals surface area contributed by atoms with E-state index >= 15 is 0 Å². The molecule has 2 aliphatic rings. The quantitative estimate of drug-likeness (QED) is 0.704. The molecular weight excluding hydrogens is 362 g/mol. The Balaban J connectivity index is 1.61. The predicted octanol–water partition coefficient (Wildman–Crippen LogP) is 4.68. The van der Waals surface area contributed by atoms with Crippen molar-refractivity contribution in [1.29, 1.82) is 0 Å². The molecule has 134 valence electrons. The summed E-state index contributed by atoms with van der Waals surface area (Å²) in [7, 11) is 0. The lowest BCUT2D eigenvalue weighted by Gasteiger charge is -2.38. The van der Waals surface area contributed by atoms with Gasteiger partial charge in [-0.25, -0.2) is 5.01 Å². The number of hydrogen-bond acceptors (Lipinski definition) is 5. The second-order valence-corrected chi connectivity index (χ2v) is 7.07. The number of pyridine rings is 1. The van der Waals surface area contributed by atoms with Crippen LogP contribution in [0.4, 0.5) is 0 Å². The van der Waals surface area contributed by atoms with Crippen LogP contribution in [0.15, 0.2) is 72.1 Å². The molecule has 2 aliphatic heterocycles. The minimum absolute atomic E-state index is 0.00926. The molecule has 0 aliphatic carbocycles. The Morgan fingerprint density at radius 3 is 2.85 bits per heavy atom. The number of halogens is 1. The number of hydrazone groups is 1. The van der Waals surface area contributed by atoms with E-state index in [2.05, 4.69) is 4.98 Å². The molecule has 1 N–H and O–H groups in total. The lowest BCUT2D eigenvalue weighted by Crippen LogP contribution is -2.33. The average Bonchev–Trinajstić information content (AvgIpc) is 3.14. The number of aromatic nitrogens is 1. The second kappa shape index (κ2) is 6.28. The van der Waals surface area contributed by atoms with E-state index in [1.807, 2.05) is 47.5 Å². The summed E-state index contributed by atoms with van der Waals surface area (Å²) < 4.78 is 6.27. The normalized spacial score (nSPS) is 20.5. The molecule has 27 heavy (non-hydrogen) atoms. The largest absolute Gasteiger partial charge is 0.508 e. The summed E-state index contributed by atoms with van der Waals surface area (Å²) in [5, 5.41) is 17.3. The highest BCUT2D eigenvalue weighted by Gasteiger charge is 2.41. The fraction of sp³-hybridized carbons (Fsp3) is 0.143. The van der Waals surface area contributed by atoms with E-state index < -0.39 is 0 Å². The first-order valence-electron chi connectivity index (χ1n) is 8.70. The van der Waals surface area contributed by atoms with E-state index in [4.69, 9.17) is 21.4 Å². The van der Waals surface area contributed by atoms with Gasteiger partial charge in [-0.3, -0.25) is 4.98 Å². The molecule has 0 radical (unpaired) electrons. The van der Waals surface area contributed by atoms with Crippen LogP contribution >= 0.6 is 11.6 Å². The first-order valence-corrected chi connectivity index (χ1v) is 9.08. The Morgan fingerprint density at radius 1 is 1.11 bits per heavy atom. The lowest BCUT2D eigenvalue weighted by molar-refractivity contribution is -0.0192. The lowest BCUT2D eigenvalue weighted by atomic mass is 9.96.